The van der Waals surface area contributed by atoms with E-state index in [-0.39, 0.29) is 18.2 Å². The van der Waals surface area contributed by atoms with Crippen molar-refractivity contribution in [1.82, 2.24) is 25.8 Å². The van der Waals surface area contributed by atoms with Gasteiger partial charge in [0.25, 0.3) is 0 Å². The quantitative estimate of drug-likeness (QED) is 0.568. The van der Waals surface area contributed by atoms with Crippen LogP contribution in [0.3, 0.4) is 0 Å². The van der Waals surface area contributed by atoms with E-state index in [1.54, 1.807) is 6.20 Å². The van der Waals surface area contributed by atoms with E-state index in [2.05, 4.69) is 38.1 Å². The van der Waals surface area contributed by atoms with Gasteiger partial charge in [0.05, 0.1) is 5.69 Å². The lowest BCUT2D eigenvalue weighted by Crippen LogP contribution is -2.31. The van der Waals surface area contributed by atoms with Gasteiger partial charge in [0.1, 0.15) is 6.10 Å². The van der Waals surface area contributed by atoms with E-state index in [0.29, 0.717) is 12.5 Å². The number of hydrogen-bond acceptors (Lipinski definition) is 6. The minimum absolute atomic E-state index is 0.0329. The third kappa shape index (κ3) is 4.39. The number of carbonyl (C=O) groups is 1. The molecule has 8 nitrogen and oxygen atoms in total. The maximum absolute atomic E-state index is 12.0. The van der Waals surface area contributed by atoms with E-state index in [0.717, 1.165) is 55.1 Å². The lowest BCUT2D eigenvalue weighted by Gasteiger charge is -2.16. The average Bonchev–Trinajstić information content (AvgIpc) is 3.30. The summed E-state index contributed by atoms with van der Waals surface area (Å²) in [6, 6.07) is 6.13. The number of anilines is 2. The van der Waals surface area contributed by atoms with Crippen molar-refractivity contribution in [2.24, 2.45) is 0 Å². The topological polar surface area (TPSA) is 104 Å². The minimum Gasteiger partial charge on any atom is -0.446 e. The molecule has 0 radical (unpaired) electrons. The van der Waals surface area contributed by atoms with Crippen LogP contribution in [0.4, 0.5) is 16.3 Å². The van der Waals surface area contributed by atoms with Crippen LogP contribution in [-0.4, -0.2) is 40.5 Å². The summed E-state index contributed by atoms with van der Waals surface area (Å²) in [7, 11) is 0. The highest BCUT2D eigenvalue weighted by molar-refractivity contribution is 5.67. The second-order valence-corrected chi connectivity index (χ2v) is 7.30. The molecule has 0 spiro atoms. The van der Waals surface area contributed by atoms with E-state index >= 15 is 0 Å². The van der Waals surface area contributed by atoms with Crippen molar-refractivity contribution in [3.63, 3.8) is 0 Å². The molecule has 8 heteroatoms. The smallest absolute Gasteiger partial charge is 0.407 e. The van der Waals surface area contributed by atoms with Gasteiger partial charge in [-0.25, -0.2) is 4.79 Å². The highest BCUT2D eigenvalue weighted by atomic mass is 16.6. The fraction of sp³-hybridized carbons (Fsp3) is 0.526. The molecular formula is C19H26N6O2. The summed E-state index contributed by atoms with van der Waals surface area (Å²) in [4.78, 5) is 16.4. The van der Waals surface area contributed by atoms with E-state index in [9.17, 15) is 4.79 Å². The molecule has 6 bridgehead atoms. The summed E-state index contributed by atoms with van der Waals surface area (Å²) in [6.07, 6.45) is 4.98. The van der Waals surface area contributed by atoms with Crippen LogP contribution in [-0.2, 0) is 4.74 Å². The Morgan fingerprint density at radius 2 is 2.15 bits per heavy atom. The number of rotatable bonds is 0. The number of pyridine rings is 1. The number of ether oxygens (including phenoxy) is 1. The molecule has 2 aromatic heterocycles. The Hall–Kier alpha value is -2.61. The number of hydrogen-bond donors (Lipinski definition) is 4. The maximum atomic E-state index is 12.0. The van der Waals surface area contributed by atoms with Crippen LogP contribution in [0.15, 0.2) is 24.4 Å². The Balaban J connectivity index is 1.54. The standard InChI is InChI=1S/C19H26N6O2/c1-12-16-10-14(5-8-21-16)23-18-11-17(24-25-18)13-3-4-15(9-13)27-19(26)22-7-2-6-20-12/h5,8,10-13,15,20H,2-4,6-7,9H2,1H3,(H,22,26)(H2,23,24,25)/t12-,13-,15+/m0/s1. The van der Waals surface area contributed by atoms with Gasteiger partial charge in [-0.05, 0) is 51.3 Å². The first kappa shape index (κ1) is 17.8. The summed E-state index contributed by atoms with van der Waals surface area (Å²) >= 11 is 0. The zero-order valence-electron chi connectivity index (χ0n) is 15.5. The molecule has 1 saturated carbocycles. The zero-order chi connectivity index (χ0) is 18.6. The van der Waals surface area contributed by atoms with Crippen molar-refractivity contribution < 1.29 is 9.53 Å². The maximum Gasteiger partial charge on any atom is 0.407 e. The first-order valence-electron chi connectivity index (χ1n) is 9.63. The Labute approximate surface area is 158 Å². The summed E-state index contributed by atoms with van der Waals surface area (Å²) in [6.45, 7) is 3.46. The summed E-state index contributed by atoms with van der Waals surface area (Å²) in [5.41, 5.74) is 3.00. The zero-order valence-corrected chi connectivity index (χ0v) is 15.5. The minimum atomic E-state index is -0.323. The van der Waals surface area contributed by atoms with Gasteiger partial charge < -0.3 is 20.7 Å². The van der Waals surface area contributed by atoms with Gasteiger partial charge in [-0.2, -0.15) is 5.10 Å². The third-order valence-electron chi connectivity index (χ3n) is 5.27. The number of carbonyl (C=O) groups excluding carboxylic acids is 1. The third-order valence-corrected chi connectivity index (χ3v) is 5.27. The molecule has 4 N–H and O–H groups in total. The molecule has 1 fully saturated rings. The number of nitrogens with zero attached hydrogens (tertiary/aromatic N) is 2. The van der Waals surface area contributed by atoms with Gasteiger partial charge in [0.15, 0.2) is 5.82 Å². The Morgan fingerprint density at radius 1 is 1.22 bits per heavy atom. The largest absolute Gasteiger partial charge is 0.446 e. The van der Waals surface area contributed by atoms with E-state index in [1.165, 1.54) is 0 Å². The molecule has 1 amide bonds. The number of alkyl carbamates (subject to hydrolysis) is 1. The van der Waals surface area contributed by atoms with Crippen LogP contribution in [0.1, 0.15) is 56.0 Å². The molecular weight excluding hydrogens is 344 g/mol. The monoisotopic (exact) mass is 370 g/mol. The molecule has 0 aromatic carbocycles. The van der Waals surface area contributed by atoms with E-state index < -0.39 is 0 Å². The lowest BCUT2D eigenvalue weighted by atomic mass is 10.0. The Bertz CT molecular complexity index is 792. The van der Waals surface area contributed by atoms with Crippen molar-refractivity contribution in [2.45, 2.75) is 50.7 Å². The fourth-order valence-electron chi connectivity index (χ4n) is 3.75. The van der Waals surface area contributed by atoms with Crippen LogP contribution in [0.25, 0.3) is 0 Å². The number of amides is 1. The average molecular weight is 370 g/mol. The molecule has 1 aliphatic carbocycles. The molecule has 4 rings (SSSR count). The second-order valence-electron chi connectivity index (χ2n) is 7.30. The van der Waals surface area contributed by atoms with Gasteiger partial charge in [0.2, 0.25) is 0 Å². The predicted molar refractivity (Wildman–Crippen MR) is 102 cm³/mol. The number of aromatic nitrogens is 3. The van der Waals surface area contributed by atoms with Crippen LogP contribution in [0, 0.1) is 0 Å². The van der Waals surface area contributed by atoms with Crippen LogP contribution < -0.4 is 16.0 Å². The number of aromatic amines is 1. The first-order chi connectivity index (χ1) is 13.2. The first-order valence-corrected chi connectivity index (χ1v) is 9.63. The van der Waals surface area contributed by atoms with Crippen molar-refractivity contribution in [3.8, 4) is 0 Å². The molecule has 0 saturated heterocycles. The molecule has 27 heavy (non-hydrogen) atoms. The van der Waals surface area contributed by atoms with Gasteiger partial charge in [-0.3, -0.25) is 10.1 Å². The highest BCUT2D eigenvalue weighted by Gasteiger charge is 2.29. The predicted octanol–water partition coefficient (Wildman–Crippen LogP) is 2.96. The molecule has 2 aromatic rings. The van der Waals surface area contributed by atoms with Gasteiger partial charge in [-0.15, -0.1) is 0 Å². The van der Waals surface area contributed by atoms with E-state index in [1.807, 2.05) is 18.2 Å². The second kappa shape index (κ2) is 7.96. The number of nitrogens with one attached hydrogen (secondary N) is 4. The molecule has 1 aliphatic heterocycles. The van der Waals surface area contributed by atoms with Gasteiger partial charge in [-0.1, -0.05) is 0 Å². The van der Waals surface area contributed by atoms with Crippen molar-refractivity contribution in [1.29, 1.82) is 0 Å². The summed E-state index contributed by atoms with van der Waals surface area (Å²) < 4.78 is 5.56. The molecule has 0 unspecified atom stereocenters. The Morgan fingerprint density at radius 3 is 3.07 bits per heavy atom. The fourth-order valence-corrected chi connectivity index (χ4v) is 3.75. The molecule has 3 heterocycles. The van der Waals surface area contributed by atoms with Gasteiger partial charge in [0, 0.05) is 42.1 Å². The molecule has 2 aliphatic rings. The summed E-state index contributed by atoms with van der Waals surface area (Å²) in [5, 5.41) is 17.1. The normalized spacial score (nSPS) is 26.3. The van der Waals surface area contributed by atoms with Crippen LogP contribution in [0.2, 0.25) is 0 Å². The SMILES string of the molecule is C[C@@H]1NCCCNC(=O)O[C@@H]2CC[C@@H](C2)c2cc(n[nH]2)Nc2ccnc1c2. The molecule has 3 atom stereocenters. The Kier molecular flexibility index (Phi) is 5.24. The van der Waals surface area contributed by atoms with Gasteiger partial charge >= 0.3 is 6.09 Å². The lowest BCUT2D eigenvalue weighted by molar-refractivity contribution is 0.100. The number of fused-ring (bicyclic) bond motifs is 7. The number of H-pyrrole nitrogens is 1. The van der Waals surface area contributed by atoms with Crippen LogP contribution in [0.5, 0.6) is 0 Å². The van der Waals surface area contributed by atoms with Crippen molar-refractivity contribution in [2.75, 3.05) is 18.4 Å². The van der Waals surface area contributed by atoms with Crippen molar-refractivity contribution in [3.05, 3.63) is 35.8 Å². The molecule has 144 valence electrons. The summed E-state index contributed by atoms with van der Waals surface area (Å²) in [5.74, 6) is 1.12. The van der Waals surface area contributed by atoms with Crippen molar-refractivity contribution >= 4 is 17.6 Å². The van der Waals surface area contributed by atoms with Crippen LogP contribution >= 0.6 is 0 Å². The van der Waals surface area contributed by atoms with E-state index in [4.69, 9.17) is 4.74 Å². The highest BCUT2D eigenvalue weighted by Crippen LogP contribution is 2.36.